The van der Waals surface area contributed by atoms with Crippen LogP contribution in [-0.4, -0.2) is 75.7 Å². The predicted molar refractivity (Wildman–Crippen MR) is 194 cm³/mol. The largest absolute Gasteiger partial charge is 0.488 e. The summed E-state index contributed by atoms with van der Waals surface area (Å²) in [4.78, 5) is 60.1. The molecule has 0 spiro atoms. The molecule has 3 heterocycles. The number of fused-ring (bicyclic) bond motifs is 3. The quantitative estimate of drug-likeness (QED) is 0.239. The molecule has 2 fully saturated rings. The normalized spacial score (nSPS) is 26.0. The van der Waals surface area contributed by atoms with Crippen LogP contribution in [0.2, 0.25) is 0 Å². The van der Waals surface area contributed by atoms with Crippen molar-refractivity contribution in [3.05, 3.63) is 78.9 Å². The number of hydrogen-bond acceptors (Lipinski definition) is 7. The van der Waals surface area contributed by atoms with Crippen molar-refractivity contribution in [2.75, 3.05) is 13.2 Å². The Morgan fingerprint density at radius 1 is 1.16 bits per heavy atom. The Labute approximate surface area is 298 Å². The number of carbonyl (C=O) groups excluding carboxylic acids is 3. The highest BCUT2D eigenvalue weighted by atomic mass is 16.5. The Kier molecular flexibility index (Phi) is 10.2. The highest BCUT2D eigenvalue weighted by molar-refractivity contribution is 5.96. The molecule has 1 aromatic heterocycles. The third-order valence-corrected chi connectivity index (χ3v) is 10.0. The van der Waals surface area contributed by atoms with E-state index in [9.17, 15) is 24.3 Å². The number of allylic oxidation sites excluding steroid dienone is 1. The van der Waals surface area contributed by atoms with Gasteiger partial charge >= 0.3 is 12.1 Å². The van der Waals surface area contributed by atoms with Crippen LogP contribution in [0, 0.1) is 11.3 Å². The number of pyridine rings is 1. The summed E-state index contributed by atoms with van der Waals surface area (Å²) >= 11 is 0. The molecule has 11 heteroatoms. The SMILES string of the molecule is C=C[C@@H]1C[C@]1(NC(=O)[C@@H]1C[C@@H]2CN1C(=O)[C@H](CCCC)NC(=O)OCC(C)(C)CC=Cc1ccc3nc(-c4ccccc4)cc(c3c1)O2)C(=O)O. The van der Waals surface area contributed by atoms with Crippen LogP contribution >= 0.6 is 0 Å². The Morgan fingerprint density at radius 2 is 1.94 bits per heavy atom. The van der Waals surface area contributed by atoms with E-state index in [0.29, 0.717) is 30.7 Å². The van der Waals surface area contributed by atoms with E-state index in [-0.39, 0.29) is 26.0 Å². The lowest BCUT2D eigenvalue weighted by molar-refractivity contribution is -0.145. The minimum atomic E-state index is -1.48. The molecular weight excluding hydrogens is 648 g/mol. The van der Waals surface area contributed by atoms with Crippen molar-refractivity contribution in [3.63, 3.8) is 0 Å². The second kappa shape index (κ2) is 14.6. The molecule has 1 saturated heterocycles. The summed E-state index contributed by atoms with van der Waals surface area (Å²) in [5, 5.41) is 16.3. The molecule has 3 N–H and O–H groups in total. The minimum absolute atomic E-state index is 0.0400. The molecule has 268 valence electrons. The van der Waals surface area contributed by atoms with Gasteiger partial charge in [0.15, 0.2) is 0 Å². The van der Waals surface area contributed by atoms with Crippen LogP contribution in [0.3, 0.4) is 0 Å². The summed E-state index contributed by atoms with van der Waals surface area (Å²) in [6.45, 7) is 9.87. The number of rotatable bonds is 8. The predicted octanol–water partition coefficient (Wildman–Crippen LogP) is 6.12. The van der Waals surface area contributed by atoms with Gasteiger partial charge in [-0.3, -0.25) is 9.59 Å². The topological polar surface area (TPSA) is 147 Å². The van der Waals surface area contributed by atoms with Gasteiger partial charge in [-0.25, -0.2) is 14.6 Å². The maximum Gasteiger partial charge on any atom is 0.407 e. The van der Waals surface area contributed by atoms with Crippen LogP contribution in [0.25, 0.3) is 28.2 Å². The molecule has 3 aromatic rings. The Balaban J connectivity index is 1.42. The second-order valence-electron chi connectivity index (χ2n) is 14.6. The number of aromatic nitrogens is 1. The fraction of sp³-hybridized carbons (Fsp3) is 0.425. The first-order chi connectivity index (χ1) is 24.4. The first kappa shape index (κ1) is 35.6. The van der Waals surface area contributed by atoms with Crippen molar-refractivity contribution in [2.45, 2.75) is 83.0 Å². The van der Waals surface area contributed by atoms with Crippen LogP contribution in [0.5, 0.6) is 5.75 Å². The smallest absolute Gasteiger partial charge is 0.407 e. The number of nitrogens with one attached hydrogen (secondary N) is 2. The van der Waals surface area contributed by atoms with Crippen LogP contribution in [0.15, 0.2) is 73.3 Å². The minimum Gasteiger partial charge on any atom is -0.488 e. The van der Waals surface area contributed by atoms with Crippen molar-refractivity contribution < 1.29 is 33.8 Å². The number of nitrogens with zero attached hydrogens (tertiary/aromatic N) is 2. The molecule has 4 bridgehead atoms. The monoisotopic (exact) mass is 694 g/mol. The van der Waals surface area contributed by atoms with Crippen LogP contribution in [0.1, 0.15) is 64.9 Å². The summed E-state index contributed by atoms with van der Waals surface area (Å²) in [7, 11) is 0. The summed E-state index contributed by atoms with van der Waals surface area (Å²) in [6, 6.07) is 15.6. The number of unbranched alkanes of at least 4 members (excludes halogenated alkanes) is 1. The van der Waals surface area contributed by atoms with E-state index in [0.717, 1.165) is 28.5 Å². The number of carboxylic acid groups (broad SMARTS) is 1. The van der Waals surface area contributed by atoms with Gasteiger partial charge in [-0.1, -0.05) is 88.2 Å². The Bertz CT molecular complexity index is 1860. The van der Waals surface area contributed by atoms with Gasteiger partial charge in [0, 0.05) is 34.8 Å². The van der Waals surface area contributed by atoms with Gasteiger partial charge in [-0.15, -0.1) is 6.58 Å². The fourth-order valence-electron chi connectivity index (χ4n) is 6.93. The van der Waals surface area contributed by atoms with Crippen molar-refractivity contribution >= 4 is 40.9 Å². The zero-order chi connectivity index (χ0) is 36.3. The van der Waals surface area contributed by atoms with E-state index in [1.54, 1.807) is 0 Å². The molecule has 11 nitrogen and oxygen atoms in total. The van der Waals surface area contributed by atoms with Gasteiger partial charge in [0.2, 0.25) is 11.8 Å². The van der Waals surface area contributed by atoms with Crippen molar-refractivity contribution in [3.8, 4) is 17.0 Å². The van der Waals surface area contributed by atoms with E-state index in [1.165, 1.54) is 11.0 Å². The molecule has 0 radical (unpaired) electrons. The zero-order valence-corrected chi connectivity index (χ0v) is 29.4. The van der Waals surface area contributed by atoms with Crippen molar-refractivity contribution in [1.82, 2.24) is 20.5 Å². The molecule has 2 aromatic carbocycles. The van der Waals surface area contributed by atoms with Crippen LogP contribution < -0.4 is 15.4 Å². The Morgan fingerprint density at radius 3 is 2.65 bits per heavy atom. The highest BCUT2D eigenvalue weighted by Gasteiger charge is 2.61. The maximum atomic E-state index is 14.4. The lowest BCUT2D eigenvalue weighted by Gasteiger charge is -2.29. The second-order valence-corrected chi connectivity index (χ2v) is 14.6. The van der Waals surface area contributed by atoms with Crippen molar-refractivity contribution in [2.24, 2.45) is 11.3 Å². The average molecular weight is 695 g/mol. The van der Waals surface area contributed by atoms with Gasteiger partial charge in [-0.05, 0) is 37.0 Å². The van der Waals surface area contributed by atoms with E-state index in [4.69, 9.17) is 14.5 Å². The molecule has 51 heavy (non-hydrogen) atoms. The molecule has 5 atom stereocenters. The third-order valence-electron chi connectivity index (χ3n) is 10.0. The summed E-state index contributed by atoms with van der Waals surface area (Å²) in [6.07, 6.45) is 6.94. The summed E-state index contributed by atoms with van der Waals surface area (Å²) in [5.74, 6) is -2.09. The van der Waals surface area contributed by atoms with E-state index in [2.05, 4.69) is 17.2 Å². The fourth-order valence-corrected chi connectivity index (χ4v) is 6.93. The first-order valence-electron chi connectivity index (χ1n) is 17.7. The Hall–Kier alpha value is -5.19. The zero-order valence-electron chi connectivity index (χ0n) is 29.4. The number of amides is 3. The number of alkyl carbamates (subject to hydrolysis) is 1. The van der Waals surface area contributed by atoms with E-state index >= 15 is 0 Å². The lowest BCUT2D eigenvalue weighted by atomic mass is 9.90. The maximum absolute atomic E-state index is 14.4. The molecule has 1 saturated carbocycles. The lowest BCUT2D eigenvalue weighted by Crippen LogP contribution is -2.56. The van der Waals surface area contributed by atoms with Gasteiger partial charge in [-0.2, -0.15) is 0 Å². The molecule has 3 aliphatic rings. The van der Waals surface area contributed by atoms with Gasteiger partial charge < -0.3 is 30.1 Å². The highest BCUT2D eigenvalue weighted by Crippen LogP contribution is 2.45. The molecule has 2 aliphatic heterocycles. The van der Waals surface area contributed by atoms with Gasteiger partial charge in [0.1, 0.15) is 29.5 Å². The van der Waals surface area contributed by atoms with E-state index in [1.807, 2.05) is 87.5 Å². The standard InChI is InChI=1S/C40H46N4O7/c1-5-7-15-31-36(46)44-23-28(20-33(44)35(45)43-40(37(47)48)22-27(40)6-2)51-34-21-32(26-13-9-8-10-14-26)41-30-17-16-25(19-29(30)34)12-11-18-39(3,4)24-50-38(49)42-31/h6,8-14,16-17,19,21,27-28,31,33H,2,5,7,15,18,20,22-24H2,1,3-4H3,(H,42,49)(H,43,45)(H,47,48)/t27-,28-,31+,33+,40-/m1/s1. The average Bonchev–Trinajstić information content (AvgIpc) is 3.68. The number of benzene rings is 2. The molecular formula is C40H46N4O7. The van der Waals surface area contributed by atoms with Gasteiger partial charge in [0.25, 0.3) is 0 Å². The number of carbonyl (C=O) groups is 4. The molecule has 0 unspecified atom stereocenters. The number of cyclic esters (lactones) is 1. The number of aliphatic carboxylic acids is 1. The third kappa shape index (κ3) is 7.77. The number of hydrogen-bond donors (Lipinski definition) is 3. The summed E-state index contributed by atoms with van der Waals surface area (Å²) in [5.41, 5.74) is 1.39. The van der Waals surface area contributed by atoms with Crippen LogP contribution in [0.4, 0.5) is 4.79 Å². The van der Waals surface area contributed by atoms with Crippen LogP contribution in [-0.2, 0) is 19.1 Å². The number of carboxylic acids is 1. The first-order valence-corrected chi connectivity index (χ1v) is 17.7. The number of ether oxygens (including phenoxy) is 2. The summed E-state index contributed by atoms with van der Waals surface area (Å²) < 4.78 is 12.4. The molecule has 3 amide bonds. The van der Waals surface area contributed by atoms with E-state index < -0.39 is 58.9 Å². The molecule has 1 aliphatic carbocycles. The molecule has 6 rings (SSSR count). The van der Waals surface area contributed by atoms with Crippen molar-refractivity contribution in [1.29, 1.82) is 0 Å². The van der Waals surface area contributed by atoms with Gasteiger partial charge in [0.05, 0.1) is 24.4 Å².